The number of nitrogens with one attached hydrogen (secondary N) is 2. The molecule has 5 rings (SSSR count). The highest BCUT2D eigenvalue weighted by atomic mass is 32.2. The Hall–Kier alpha value is -2.89. The number of imidazole rings is 2. The van der Waals surface area contributed by atoms with E-state index < -0.39 is 0 Å². The predicted octanol–water partition coefficient (Wildman–Crippen LogP) is 6.52. The van der Waals surface area contributed by atoms with Crippen LogP contribution >= 0.6 is 36.5 Å². The molecule has 0 aliphatic carbocycles. The maximum absolute atomic E-state index is 5.41. The molecule has 2 aromatic heterocycles. The fourth-order valence-electron chi connectivity index (χ4n) is 3.39. The Morgan fingerprint density at radius 2 is 1.52 bits per heavy atom. The minimum absolute atomic E-state index is 0.668. The van der Waals surface area contributed by atoms with Crippen molar-refractivity contribution < 1.29 is 14.0 Å². The fourth-order valence-corrected chi connectivity index (χ4v) is 4.35. The van der Waals surface area contributed by atoms with Crippen LogP contribution in [-0.4, -0.2) is 33.3 Å². The van der Waals surface area contributed by atoms with Crippen LogP contribution in [-0.2, 0) is 16.3 Å². The van der Waals surface area contributed by atoms with Gasteiger partial charge in [0.25, 0.3) is 0 Å². The summed E-state index contributed by atoms with van der Waals surface area (Å²) in [5.74, 6) is 0.837. The summed E-state index contributed by atoms with van der Waals surface area (Å²) in [7, 11) is 5.07. The second-order valence-corrected chi connectivity index (χ2v) is 8.52. The van der Waals surface area contributed by atoms with E-state index in [0.717, 1.165) is 55.2 Å². The molecule has 0 bridgehead atoms. The molecular formula is C23H22N4O3S3. The van der Waals surface area contributed by atoms with Crippen molar-refractivity contribution in [3.63, 3.8) is 0 Å². The molecule has 2 N–H and O–H groups in total. The van der Waals surface area contributed by atoms with Crippen molar-refractivity contribution in [2.24, 2.45) is 7.05 Å². The molecule has 5 aromatic rings. The van der Waals surface area contributed by atoms with Gasteiger partial charge in [0.05, 0.1) is 48.3 Å². The summed E-state index contributed by atoms with van der Waals surface area (Å²) >= 11 is 11.7. The summed E-state index contributed by atoms with van der Waals surface area (Å²) in [4.78, 5) is 11.8. The lowest BCUT2D eigenvalue weighted by atomic mass is 10.3. The molecule has 0 spiro atoms. The highest BCUT2D eigenvalue weighted by Crippen LogP contribution is 2.26. The van der Waals surface area contributed by atoms with Crippen LogP contribution in [0.2, 0.25) is 0 Å². The molecule has 170 valence electrons. The first kappa shape index (κ1) is 23.3. The average molecular weight is 499 g/mol. The maximum Gasteiger partial charge on any atom is 0.182 e. The Morgan fingerprint density at radius 3 is 2.24 bits per heavy atom. The minimum Gasteiger partial charge on any atom is -0.497 e. The second kappa shape index (κ2) is 10.4. The zero-order valence-electron chi connectivity index (χ0n) is 18.2. The number of benzene rings is 3. The summed E-state index contributed by atoms with van der Waals surface area (Å²) in [5, 5.41) is 0. The number of ether oxygens (including phenoxy) is 1. The van der Waals surface area contributed by atoms with Gasteiger partial charge in [-0.05, 0) is 66.9 Å². The number of nitrogens with zero attached hydrogens (tertiary/aromatic N) is 2. The van der Waals surface area contributed by atoms with Crippen LogP contribution in [0, 0.1) is 9.54 Å². The van der Waals surface area contributed by atoms with Crippen LogP contribution in [0.15, 0.2) is 71.6 Å². The lowest BCUT2D eigenvalue weighted by molar-refractivity contribution is -0.160. The van der Waals surface area contributed by atoms with Crippen LogP contribution in [0.3, 0.4) is 0 Å². The van der Waals surface area contributed by atoms with Gasteiger partial charge >= 0.3 is 0 Å². The van der Waals surface area contributed by atoms with Crippen molar-refractivity contribution in [2.75, 3.05) is 14.2 Å². The van der Waals surface area contributed by atoms with Crippen LogP contribution in [0.4, 0.5) is 0 Å². The number of rotatable bonds is 5. The Kier molecular flexibility index (Phi) is 7.31. The highest BCUT2D eigenvalue weighted by molar-refractivity contribution is 7.94. The van der Waals surface area contributed by atoms with Gasteiger partial charge in [-0.25, -0.2) is 4.89 Å². The standard InChI is InChI=1S/C14H12N2O2S2.C9H10N2OS/c1-17-18-20-11-7-8-13-12(9-11)15-14(19)16(13)10-5-3-2-4-6-10;1-11-8-4-3-6(12-2)5-7(8)10-9(11)13/h2-9H,1H3,(H,15,19);3-5H,1-2H3,(H,10,13). The van der Waals surface area contributed by atoms with Gasteiger partial charge in [-0.3, -0.25) is 4.57 Å². The summed E-state index contributed by atoms with van der Waals surface area (Å²) in [5.41, 5.74) is 5.13. The van der Waals surface area contributed by atoms with E-state index in [9.17, 15) is 0 Å². The third-order valence-corrected chi connectivity index (χ3v) is 6.29. The molecule has 0 aliphatic rings. The Morgan fingerprint density at radius 1 is 0.818 bits per heavy atom. The average Bonchev–Trinajstić information content (AvgIpc) is 3.32. The number of aromatic nitrogens is 4. The summed E-state index contributed by atoms with van der Waals surface area (Å²) in [6.45, 7) is 0. The van der Waals surface area contributed by atoms with Gasteiger partial charge in [0, 0.05) is 23.7 Å². The van der Waals surface area contributed by atoms with Gasteiger partial charge in [-0.2, -0.15) is 4.33 Å². The number of methoxy groups -OCH3 is 1. The minimum atomic E-state index is 0.668. The molecule has 0 aliphatic heterocycles. The maximum atomic E-state index is 5.41. The van der Waals surface area contributed by atoms with Crippen molar-refractivity contribution >= 4 is 58.5 Å². The molecular weight excluding hydrogens is 476 g/mol. The number of hydrogen-bond acceptors (Lipinski definition) is 6. The monoisotopic (exact) mass is 498 g/mol. The van der Waals surface area contributed by atoms with Crippen LogP contribution in [0.5, 0.6) is 5.75 Å². The molecule has 0 unspecified atom stereocenters. The van der Waals surface area contributed by atoms with Gasteiger partial charge < -0.3 is 19.3 Å². The molecule has 0 atom stereocenters. The molecule has 33 heavy (non-hydrogen) atoms. The van der Waals surface area contributed by atoms with Gasteiger partial charge in [0.2, 0.25) is 0 Å². The number of aryl methyl sites for hydroxylation is 1. The fraction of sp³-hybridized carbons (Fsp3) is 0.130. The van der Waals surface area contributed by atoms with E-state index in [-0.39, 0.29) is 0 Å². The third kappa shape index (κ3) is 5.05. The summed E-state index contributed by atoms with van der Waals surface area (Å²) in [6.07, 6.45) is 0. The van der Waals surface area contributed by atoms with Crippen molar-refractivity contribution in [1.29, 1.82) is 0 Å². The molecule has 2 heterocycles. The normalized spacial score (nSPS) is 10.9. The Labute approximate surface area is 205 Å². The van der Waals surface area contributed by atoms with Crippen molar-refractivity contribution in [2.45, 2.75) is 4.90 Å². The molecule has 0 saturated heterocycles. The first-order chi connectivity index (χ1) is 16.0. The van der Waals surface area contributed by atoms with Crippen LogP contribution in [0.25, 0.3) is 27.8 Å². The highest BCUT2D eigenvalue weighted by Gasteiger charge is 2.07. The SMILES string of the molecule is COOSc1ccc2c(c1)[nH]c(=S)n2-c1ccccc1.COc1ccc2c(c1)[nH]c(=S)n2C. The molecule has 0 amide bonds. The van der Waals surface area contributed by atoms with Crippen molar-refractivity contribution in [1.82, 2.24) is 19.1 Å². The third-order valence-electron chi connectivity index (χ3n) is 4.98. The molecule has 7 nitrogen and oxygen atoms in total. The molecule has 0 saturated carbocycles. The van der Waals surface area contributed by atoms with Crippen LogP contribution in [0.1, 0.15) is 0 Å². The Balaban J connectivity index is 0.000000172. The van der Waals surface area contributed by atoms with E-state index in [1.165, 1.54) is 7.11 Å². The second-order valence-electron chi connectivity index (χ2n) is 6.97. The van der Waals surface area contributed by atoms with Gasteiger partial charge in [0.1, 0.15) is 5.75 Å². The van der Waals surface area contributed by atoms with E-state index in [1.807, 2.05) is 82.9 Å². The lowest BCUT2D eigenvalue weighted by Crippen LogP contribution is -1.92. The predicted molar refractivity (Wildman–Crippen MR) is 137 cm³/mol. The number of hydrogen-bond donors (Lipinski definition) is 2. The largest absolute Gasteiger partial charge is 0.497 e. The summed E-state index contributed by atoms with van der Waals surface area (Å²) < 4.78 is 15.3. The van der Waals surface area contributed by atoms with Crippen molar-refractivity contribution in [3.05, 3.63) is 76.3 Å². The molecule has 3 aromatic carbocycles. The van der Waals surface area contributed by atoms with E-state index >= 15 is 0 Å². The zero-order chi connectivity index (χ0) is 23.4. The zero-order valence-corrected chi connectivity index (χ0v) is 20.6. The van der Waals surface area contributed by atoms with Gasteiger partial charge in [-0.1, -0.05) is 18.2 Å². The molecule has 10 heteroatoms. The molecule has 0 fully saturated rings. The first-order valence-corrected chi connectivity index (χ1v) is 11.5. The number of fused-ring (bicyclic) bond motifs is 2. The number of H-pyrrole nitrogens is 2. The topological polar surface area (TPSA) is 69.1 Å². The smallest absolute Gasteiger partial charge is 0.182 e. The van der Waals surface area contributed by atoms with E-state index in [1.54, 1.807) is 7.11 Å². The van der Waals surface area contributed by atoms with E-state index in [4.69, 9.17) is 33.5 Å². The number of para-hydroxylation sites is 1. The van der Waals surface area contributed by atoms with Gasteiger partial charge in [0.15, 0.2) is 9.54 Å². The van der Waals surface area contributed by atoms with E-state index in [2.05, 4.69) is 14.9 Å². The van der Waals surface area contributed by atoms with E-state index in [0.29, 0.717) is 4.77 Å². The summed E-state index contributed by atoms with van der Waals surface area (Å²) in [6, 6.07) is 21.8. The lowest BCUT2D eigenvalue weighted by Gasteiger charge is -2.04. The quantitative estimate of drug-likeness (QED) is 0.124. The first-order valence-electron chi connectivity index (χ1n) is 9.92. The number of aromatic amines is 2. The van der Waals surface area contributed by atoms with Gasteiger partial charge in [-0.15, -0.1) is 0 Å². The Bertz CT molecular complexity index is 1500. The molecule has 0 radical (unpaired) electrons. The van der Waals surface area contributed by atoms with Crippen LogP contribution < -0.4 is 4.74 Å². The van der Waals surface area contributed by atoms with Crippen molar-refractivity contribution in [3.8, 4) is 11.4 Å².